The van der Waals surface area contributed by atoms with E-state index in [1.54, 1.807) is 0 Å². The van der Waals surface area contributed by atoms with Crippen LogP contribution in [0.2, 0.25) is 0 Å². The molecule has 0 radical (unpaired) electrons. The third-order valence-corrected chi connectivity index (χ3v) is 6.98. The molecular formula is C13H35N3O10P4. The van der Waals surface area contributed by atoms with Gasteiger partial charge in [0.25, 0.3) is 0 Å². The van der Waals surface area contributed by atoms with Gasteiger partial charge in [0.05, 0.1) is 6.61 Å². The third kappa shape index (κ3) is 16.4. The Labute approximate surface area is 179 Å². The summed E-state index contributed by atoms with van der Waals surface area (Å²) in [6.45, 7) is 3.44. The molecule has 17 heteroatoms. The van der Waals surface area contributed by atoms with E-state index in [-0.39, 0.29) is 25.9 Å². The molecule has 0 rings (SSSR count). The first-order valence-corrected chi connectivity index (χ1v) is 15.4. The van der Waals surface area contributed by atoms with Gasteiger partial charge in [0.1, 0.15) is 18.9 Å². The van der Waals surface area contributed by atoms with Crippen LogP contribution in [0.3, 0.4) is 0 Å². The SMILES string of the molecule is CCN(CCO)CCCC(CN(CP)CP(=O)(O)O)N(CP(=O)(O)O)CP(=O)(O)O. The van der Waals surface area contributed by atoms with Gasteiger partial charge < -0.3 is 39.4 Å². The zero-order valence-corrected chi connectivity index (χ0v) is 20.8. The second-order valence-corrected chi connectivity index (χ2v) is 12.2. The molecule has 0 bridgehead atoms. The predicted molar refractivity (Wildman–Crippen MR) is 116 cm³/mol. The minimum atomic E-state index is -4.66. The number of hydrogen-bond donors (Lipinski definition) is 7. The summed E-state index contributed by atoms with van der Waals surface area (Å²) in [5.74, 6) is 0. The molecule has 0 saturated carbocycles. The molecule has 0 heterocycles. The standard InChI is InChI=1S/C13H35N3O10P4/c1-2-14(6-7-17)5-3-4-13(8-15(9-27)10-28(18,19)20)16(11-29(21,22)23)12-30(24,25)26/h13,17H,2-12,27H2,1H3,(H2,18,19,20)(H2,21,22,23)(H2,24,25,26). The summed E-state index contributed by atoms with van der Waals surface area (Å²) < 4.78 is 34.5. The van der Waals surface area contributed by atoms with E-state index in [0.29, 0.717) is 26.1 Å². The van der Waals surface area contributed by atoms with E-state index >= 15 is 0 Å². The van der Waals surface area contributed by atoms with Gasteiger partial charge in [-0.2, -0.15) is 0 Å². The van der Waals surface area contributed by atoms with Gasteiger partial charge >= 0.3 is 22.8 Å². The van der Waals surface area contributed by atoms with E-state index in [0.717, 1.165) is 4.90 Å². The Kier molecular flexibility index (Phi) is 14.4. The van der Waals surface area contributed by atoms with Crippen molar-refractivity contribution in [2.24, 2.45) is 0 Å². The number of likely N-dealkylation sites (N-methyl/N-ethyl adjacent to an activating group) is 1. The second kappa shape index (κ2) is 14.1. The van der Waals surface area contributed by atoms with Gasteiger partial charge in [-0.25, -0.2) is 0 Å². The Bertz CT molecular complexity index is 600. The Morgan fingerprint density at radius 2 is 1.33 bits per heavy atom. The van der Waals surface area contributed by atoms with E-state index in [2.05, 4.69) is 9.24 Å². The largest absolute Gasteiger partial charge is 0.395 e. The fourth-order valence-electron chi connectivity index (χ4n) is 3.01. The second-order valence-electron chi connectivity index (χ2n) is 7.00. The van der Waals surface area contributed by atoms with Crippen LogP contribution in [0.15, 0.2) is 0 Å². The predicted octanol–water partition coefficient (Wildman–Crippen LogP) is -0.708. The molecule has 0 aliphatic carbocycles. The molecule has 30 heavy (non-hydrogen) atoms. The van der Waals surface area contributed by atoms with E-state index in [9.17, 15) is 43.1 Å². The number of hydrogen-bond acceptors (Lipinski definition) is 7. The van der Waals surface area contributed by atoms with Crippen LogP contribution in [0.4, 0.5) is 0 Å². The maximum Gasteiger partial charge on any atom is 0.339 e. The van der Waals surface area contributed by atoms with Crippen LogP contribution in [0.25, 0.3) is 0 Å². The molecule has 0 amide bonds. The summed E-state index contributed by atoms with van der Waals surface area (Å²) in [6, 6.07) is -0.773. The van der Waals surface area contributed by atoms with Crippen LogP contribution in [0.5, 0.6) is 0 Å². The summed E-state index contributed by atoms with van der Waals surface area (Å²) in [4.78, 5) is 60.3. The lowest BCUT2D eigenvalue weighted by Crippen LogP contribution is -2.45. The van der Waals surface area contributed by atoms with Crippen molar-refractivity contribution in [3.63, 3.8) is 0 Å². The average Bonchev–Trinajstić information content (AvgIpc) is 2.54. The van der Waals surface area contributed by atoms with E-state index in [4.69, 9.17) is 5.11 Å². The number of rotatable bonds is 17. The summed E-state index contributed by atoms with van der Waals surface area (Å²) in [6.07, 6.45) is -1.48. The van der Waals surface area contributed by atoms with Gasteiger partial charge in [-0.15, -0.1) is 9.24 Å². The van der Waals surface area contributed by atoms with Crippen molar-refractivity contribution in [2.75, 3.05) is 57.9 Å². The first kappa shape index (κ1) is 30.7. The van der Waals surface area contributed by atoms with E-state index < -0.39 is 47.7 Å². The zero-order chi connectivity index (χ0) is 23.6. The lowest BCUT2D eigenvalue weighted by molar-refractivity contribution is 0.153. The molecule has 0 aliphatic rings. The average molecular weight is 517 g/mol. The van der Waals surface area contributed by atoms with Crippen molar-refractivity contribution < 1.29 is 48.2 Å². The summed E-state index contributed by atoms with van der Waals surface area (Å²) in [5.41, 5.74) is 0. The molecule has 0 spiro atoms. The van der Waals surface area contributed by atoms with Crippen molar-refractivity contribution in [2.45, 2.75) is 25.8 Å². The van der Waals surface area contributed by atoms with Crippen LogP contribution in [0.1, 0.15) is 19.8 Å². The highest BCUT2D eigenvalue weighted by Gasteiger charge is 2.32. The van der Waals surface area contributed by atoms with Gasteiger partial charge in [0.2, 0.25) is 0 Å². The molecule has 0 aromatic heterocycles. The number of nitrogens with zero attached hydrogens (tertiary/aromatic N) is 3. The molecular weight excluding hydrogens is 482 g/mol. The summed E-state index contributed by atoms with van der Waals surface area (Å²) >= 11 is 0. The fraction of sp³-hybridized carbons (Fsp3) is 1.00. The van der Waals surface area contributed by atoms with Crippen molar-refractivity contribution in [1.29, 1.82) is 0 Å². The molecule has 7 N–H and O–H groups in total. The Morgan fingerprint density at radius 1 is 0.833 bits per heavy atom. The normalized spacial score (nSPS) is 14.8. The minimum absolute atomic E-state index is 0.0388. The molecule has 0 aromatic rings. The molecule has 0 aromatic carbocycles. The topological polar surface area (TPSA) is 203 Å². The quantitative estimate of drug-likeness (QED) is 0.119. The lowest BCUT2D eigenvalue weighted by atomic mass is 10.1. The smallest absolute Gasteiger partial charge is 0.339 e. The van der Waals surface area contributed by atoms with Crippen LogP contribution in [0, 0.1) is 0 Å². The minimum Gasteiger partial charge on any atom is -0.395 e. The Morgan fingerprint density at radius 3 is 1.70 bits per heavy atom. The highest BCUT2D eigenvalue weighted by atomic mass is 31.2. The van der Waals surface area contributed by atoms with Gasteiger partial charge in [-0.05, 0) is 25.9 Å². The Hall–Kier alpha value is 0.720. The summed E-state index contributed by atoms with van der Waals surface area (Å²) in [7, 11) is -11.4. The molecule has 0 aliphatic heterocycles. The van der Waals surface area contributed by atoms with E-state index in [1.807, 2.05) is 11.8 Å². The van der Waals surface area contributed by atoms with Crippen LogP contribution in [-0.4, -0.2) is 113 Å². The first-order chi connectivity index (χ1) is 13.6. The summed E-state index contributed by atoms with van der Waals surface area (Å²) in [5, 5.41) is 9.07. The van der Waals surface area contributed by atoms with Crippen LogP contribution >= 0.6 is 32.0 Å². The highest BCUT2D eigenvalue weighted by Crippen LogP contribution is 2.42. The van der Waals surface area contributed by atoms with E-state index in [1.165, 1.54) is 4.90 Å². The Balaban J connectivity index is 5.57. The highest BCUT2D eigenvalue weighted by molar-refractivity contribution is 7.52. The first-order valence-electron chi connectivity index (χ1n) is 9.23. The van der Waals surface area contributed by atoms with Crippen LogP contribution in [-0.2, 0) is 13.7 Å². The molecule has 0 saturated heterocycles. The molecule has 0 fully saturated rings. The van der Waals surface area contributed by atoms with Crippen molar-refractivity contribution in [3.8, 4) is 0 Å². The fourth-order valence-corrected chi connectivity index (χ4v) is 6.02. The molecule has 2 unspecified atom stereocenters. The van der Waals surface area contributed by atoms with Gasteiger partial charge in [0, 0.05) is 25.4 Å². The van der Waals surface area contributed by atoms with Gasteiger partial charge in [-0.1, -0.05) is 6.92 Å². The van der Waals surface area contributed by atoms with Crippen molar-refractivity contribution >= 4 is 32.0 Å². The maximum absolute atomic E-state index is 11.6. The molecule has 2 atom stereocenters. The van der Waals surface area contributed by atoms with Crippen molar-refractivity contribution in [3.05, 3.63) is 0 Å². The van der Waals surface area contributed by atoms with Gasteiger partial charge in [-0.3, -0.25) is 23.5 Å². The molecule has 182 valence electrons. The number of aliphatic hydroxyl groups is 1. The maximum atomic E-state index is 11.6. The van der Waals surface area contributed by atoms with Gasteiger partial charge in [0.15, 0.2) is 0 Å². The number of aliphatic hydroxyl groups excluding tert-OH is 1. The third-order valence-electron chi connectivity index (χ3n) is 4.23. The van der Waals surface area contributed by atoms with Crippen molar-refractivity contribution in [1.82, 2.24) is 14.7 Å². The van der Waals surface area contributed by atoms with Crippen LogP contribution < -0.4 is 0 Å². The lowest BCUT2D eigenvalue weighted by Gasteiger charge is -2.35. The monoisotopic (exact) mass is 517 g/mol. The molecule has 13 nitrogen and oxygen atoms in total. The zero-order valence-electron chi connectivity index (χ0n) is 17.0.